The van der Waals surface area contributed by atoms with Gasteiger partial charge in [-0.2, -0.15) is 0 Å². The predicted octanol–water partition coefficient (Wildman–Crippen LogP) is -0.233. The summed E-state index contributed by atoms with van der Waals surface area (Å²) in [5.74, 6) is -1.85. The van der Waals surface area contributed by atoms with Gasteiger partial charge in [-0.05, 0) is 12.1 Å². The highest BCUT2D eigenvalue weighted by molar-refractivity contribution is 7.89. The van der Waals surface area contributed by atoms with Gasteiger partial charge in [0, 0.05) is 13.1 Å². The highest BCUT2D eigenvalue weighted by Gasteiger charge is 2.15. The first kappa shape index (κ1) is 15.3. The monoisotopic (exact) mass is 288 g/mol. The number of sulfonamides is 1. The fourth-order valence-electron chi connectivity index (χ4n) is 1.40. The smallest absolute Gasteiger partial charge is 0.255 e. The molecule has 0 spiro atoms. The third-order valence-corrected chi connectivity index (χ3v) is 3.75. The summed E-state index contributed by atoms with van der Waals surface area (Å²) in [6.07, 6.45) is 0. The third kappa shape index (κ3) is 4.42. The number of amides is 1. The fourth-order valence-corrected chi connectivity index (χ4v) is 2.36. The Bertz CT molecular complexity index is 556. The number of rotatable bonds is 6. The Morgan fingerprint density at radius 1 is 1.32 bits per heavy atom. The van der Waals surface area contributed by atoms with Gasteiger partial charge in [-0.1, -0.05) is 13.0 Å². The van der Waals surface area contributed by atoms with E-state index in [1.54, 1.807) is 6.92 Å². The molecular formula is C11H16N2O5S. The molecule has 0 heterocycles. The summed E-state index contributed by atoms with van der Waals surface area (Å²) in [7, 11) is -3.40. The third-order valence-electron chi connectivity index (χ3n) is 2.28. The zero-order valence-corrected chi connectivity index (χ0v) is 11.2. The van der Waals surface area contributed by atoms with Crippen LogP contribution in [0.3, 0.4) is 0 Å². The summed E-state index contributed by atoms with van der Waals surface area (Å²) in [6.45, 7) is 1.84. The second-order valence-electron chi connectivity index (χ2n) is 3.75. The number of hydrogen-bond donors (Lipinski definition) is 4. The normalized spacial score (nSPS) is 11.2. The molecule has 0 atom stereocenters. The van der Waals surface area contributed by atoms with E-state index < -0.39 is 27.4 Å². The SMILES string of the molecule is CCNS(=O)(=O)CCNC(=O)c1cccc(O)c1O. The molecule has 106 valence electrons. The Labute approximate surface area is 111 Å². The van der Waals surface area contributed by atoms with Crippen molar-refractivity contribution in [2.45, 2.75) is 6.92 Å². The quantitative estimate of drug-likeness (QED) is 0.539. The van der Waals surface area contributed by atoms with Crippen LogP contribution in [0.25, 0.3) is 0 Å². The van der Waals surface area contributed by atoms with Crippen molar-refractivity contribution in [1.82, 2.24) is 10.0 Å². The van der Waals surface area contributed by atoms with E-state index in [0.29, 0.717) is 0 Å². The van der Waals surface area contributed by atoms with Gasteiger partial charge in [0.1, 0.15) is 0 Å². The molecule has 0 bridgehead atoms. The summed E-state index contributed by atoms with van der Waals surface area (Å²) in [4.78, 5) is 11.7. The molecule has 4 N–H and O–H groups in total. The van der Waals surface area contributed by atoms with Crippen molar-refractivity contribution in [2.24, 2.45) is 0 Å². The molecule has 0 aromatic heterocycles. The lowest BCUT2D eigenvalue weighted by molar-refractivity contribution is 0.0953. The molecule has 1 rings (SSSR count). The number of aromatic hydroxyl groups is 2. The van der Waals surface area contributed by atoms with Crippen molar-refractivity contribution in [2.75, 3.05) is 18.8 Å². The molecule has 1 amide bonds. The Morgan fingerprint density at radius 3 is 2.63 bits per heavy atom. The molecule has 0 saturated heterocycles. The number of benzene rings is 1. The molecule has 0 radical (unpaired) electrons. The van der Waals surface area contributed by atoms with Crippen molar-refractivity contribution >= 4 is 15.9 Å². The van der Waals surface area contributed by atoms with Crippen LogP contribution in [0, 0.1) is 0 Å². The summed E-state index contributed by atoms with van der Waals surface area (Å²) >= 11 is 0. The topological polar surface area (TPSA) is 116 Å². The van der Waals surface area contributed by atoms with Gasteiger partial charge in [0.25, 0.3) is 5.91 Å². The van der Waals surface area contributed by atoms with E-state index >= 15 is 0 Å². The summed E-state index contributed by atoms with van der Waals surface area (Å²) in [5, 5.41) is 21.1. The van der Waals surface area contributed by atoms with E-state index in [1.807, 2.05) is 0 Å². The highest BCUT2D eigenvalue weighted by atomic mass is 32.2. The van der Waals surface area contributed by atoms with Gasteiger partial charge in [0.15, 0.2) is 11.5 Å². The number of phenolic OH excluding ortho intramolecular Hbond substituents is 2. The average molecular weight is 288 g/mol. The van der Waals surface area contributed by atoms with E-state index in [0.717, 1.165) is 0 Å². The van der Waals surface area contributed by atoms with Crippen LogP contribution in [0.2, 0.25) is 0 Å². The van der Waals surface area contributed by atoms with Crippen molar-refractivity contribution in [3.63, 3.8) is 0 Å². The Morgan fingerprint density at radius 2 is 2.00 bits per heavy atom. The molecule has 7 nitrogen and oxygen atoms in total. The zero-order chi connectivity index (χ0) is 14.5. The molecule has 19 heavy (non-hydrogen) atoms. The van der Waals surface area contributed by atoms with Crippen LogP contribution in [0.1, 0.15) is 17.3 Å². The van der Waals surface area contributed by atoms with Crippen LogP contribution in [0.15, 0.2) is 18.2 Å². The molecule has 1 aromatic carbocycles. The maximum absolute atomic E-state index is 11.7. The second kappa shape index (κ2) is 6.39. The molecule has 0 aliphatic carbocycles. The van der Waals surface area contributed by atoms with Crippen molar-refractivity contribution < 1.29 is 23.4 Å². The van der Waals surface area contributed by atoms with E-state index in [-0.39, 0.29) is 24.4 Å². The lowest BCUT2D eigenvalue weighted by Crippen LogP contribution is -2.34. The Hall–Kier alpha value is -1.80. The highest BCUT2D eigenvalue weighted by Crippen LogP contribution is 2.27. The number of phenols is 2. The molecule has 1 aromatic rings. The number of carbonyl (C=O) groups is 1. The van der Waals surface area contributed by atoms with Gasteiger partial charge in [0.2, 0.25) is 10.0 Å². The van der Waals surface area contributed by atoms with Crippen molar-refractivity contribution in [3.05, 3.63) is 23.8 Å². The van der Waals surface area contributed by atoms with E-state index in [1.165, 1.54) is 18.2 Å². The summed E-state index contributed by atoms with van der Waals surface area (Å²) < 4.78 is 24.9. The van der Waals surface area contributed by atoms with Gasteiger partial charge in [-0.15, -0.1) is 0 Å². The first-order valence-electron chi connectivity index (χ1n) is 5.64. The molecule has 8 heteroatoms. The van der Waals surface area contributed by atoms with Crippen LogP contribution in [0.5, 0.6) is 11.5 Å². The summed E-state index contributed by atoms with van der Waals surface area (Å²) in [6, 6.07) is 3.96. The average Bonchev–Trinajstić information content (AvgIpc) is 2.32. The van der Waals surface area contributed by atoms with Crippen LogP contribution < -0.4 is 10.0 Å². The molecule has 0 unspecified atom stereocenters. The van der Waals surface area contributed by atoms with Gasteiger partial charge >= 0.3 is 0 Å². The predicted molar refractivity (Wildman–Crippen MR) is 69.6 cm³/mol. The van der Waals surface area contributed by atoms with Crippen LogP contribution in [0.4, 0.5) is 0 Å². The standard InChI is InChI=1S/C11H16N2O5S/c1-2-13-19(17,18)7-6-12-11(16)8-4-3-5-9(14)10(8)15/h3-5,13-15H,2,6-7H2,1H3,(H,12,16). The van der Waals surface area contributed by atoms with Crippen LogP contribution in [-0.4, -0.2) is 43.4 Å². The first-order chi connectivity index (χ1) is 8.87. The van der Waals surface area contributed by atoms with E-state index in [2.05, 4.69) is 10.0 Å². The minimum absolute atomic E-state index is 0.0940. The first-order valence-corrected chi connectivity index (χ1v) is 7.29. The van der Waals surface area contributed by atoms with Gasteiger partial charge in [0.05, 0.1) is 11.3 Å². The van der Waals surface area contributed by atoms with E-state index in [4.69, 9.17) is 0 Å². The van der Waals surface area contributed by atoms with Gasteiger partial charge in [-0.25, -0.2) is 13.1 Å². The molecule has 0 aliphatic rings. The Balaban J connectivity index is 2.60. The van der Waals surface area contributed by atoms with Crippen LogP contribution in [-0.2, 0) is 10.0 Å². The van der Waals surface area contributed by atoms with Crippen LogP contribution >= 0.6 is 0 Å². The maximum atomic E-state index is 11.7. The second-order valence-corrected chi connectivity index (χ2v) is 5.67. The largest absolute Gasteiger partial charge is 0.504 e. The van der Waals surface area contributed by atoms with Gasteiger partial charge in [-0.3, -0.25) is 4.79 Å². The Kier molecular flexibility index (Phi) is 5.13. The molecule has 0 fully saturated rings. The number of carbonyl (C=O) groups excluding carboxylic acids is 1. The molecular weight excluding hydrogens is 272 g/mol. The zero-order valence-electron chi connectivity index (χ0n) is 10.4. The summed E-state index contributed by atoms with van der Waals surface area (Å²) in [5.41, 5.74) is -0.110. The number of hydrogen-bond acceptors (Lipinski definition) is 5. The maximum Gasteiger partial charge on any atom is 0.255 e. The minimum atomic E-state index is -3.40. The van der Waals surface area contributed by atoms with E-state index in [9.17, 15) is 23.4 Å². The van der Waals surface area contributed by atoms with Crippen molar-refractivity contribution in [3.8, 4) is 11.5 Å². The molecule has 0 saturated carbocycles. The fraction of sp³-hybridized carbons (Fsp3) is 0.364. The van der Waals surface area contributed by atoms with Gasteiger partial charge < -0.3 is 15.5 Å². The minimum Gasteiger partial charge on any atom is -0.504 e. The number of nitrogens with one attached hydrogen (secondary N) is 2. The lowest BCUT2D eigenvalue weighted by Gasteiger charge is -2.08. The van der Waals surface area contributed by atoms with Crippen molar-refractivity contribution in [1.29, 1.82) is 0 Å². The molecule has 0 aliphatic heterocycles. The lowest BCUT2D eigenvalue weighted by atomic mass is 10.2. The number of para-hydroxylation sites is 1.